The molecule has 0 spiro atoms. The van der Waals surface area contributed by atoms with Gasteiger partial charge in [0.1, 0.15) is 0 Å². The average molecular weight is 323 g/mol. The number of aliphatic hydroxyl groups is 1. The van der Waals surface area contributed by atoms with Crippen LogP contribution in [-0.4, -0.2) is 21.5 Å². The quantitative estimate of drug-likeness (QED) is 0.612. The molecule has 0 bridgehead atoms. The maximum atomic E-state index is 11.4. The van der Waals surface area contributed by atoms with Crippen LogP contribution in [0.2, 0.25) is 0 Å². The molecule has 2 N–H and O–H groups in total. The summed E-state index contributed by atoms with van der Waals surface area (Å²) in [6.07, 6.45) is 4.19. The number of nitrogens with zero attached hydrogens (tertiary/aromatic N) is 2. The number of hydrogen-bond acceptors (Lipinski definition) is 6. The van der Waals surface area contributed by atoms with Gasteiger partial charge >= 0.3 is 5.69 Å². The molecule has 0 atom stereocenters. The molecule has 0 aromatic heterocycles. The highest BCUT2D eigenvalue weighted by Crippen LogP contribution is 2.42. The molecule has 1 aliphatic rings. The van der Waals surface area contributed by atoms with E-state index in [4.69, 9.17) is 0 Å². The van der Waals surface area contributed by atoms with Gasteiger partial charge in [-0.3, -0.25) is 20.2 Å². The van der Waals surface area contributed by atoms with Crippen LogP contribution in [0.5, 0.6) is 0 Å². The maximum Gasteiger partial charge on any atom is 0.302 e. The molecule has 0 amide bonds. The lowest BCUT2D eigenvalue weighted by Gasteiger charge is -2.24. The summed E-state index contributed by atoms with van der Waals surface area (Å²) >= 11 is 0. The van der Waals surface area contributed by atoms with E-state index in [9.17, 15) is 25.3 Å². The summed E-state index contributed by atoms with van der Waals surface area (Å²) in [6.45, 7) is 3.55. The molecule has 1 aromatic rings. The van der Waals surface area contributed by atoms with Crippen molar-refractivity contribution < 1.29 is 15.0 Å². The van der Waals surface area contributed by atoms with Crippen molar-refractivity contribution in [1.82, 2.24) is 0 Å². The minimum absolute atomic E-state index is 0.00864. The van der Waals surface area contributed by atoms with Crippen LogP contribution >= 0.6 is 0 Å². The number of anilines is 1. The third kappa shape index (κ3) is 3.42. The molecule has 126 valence electrons. The van der Waals surface area contributed by atoms with Crippen molar-refractivity contribution >= 4 is 17.1 Å². The van der Waals surface area contributed by atoms with E-state index >= 15 is 0 Å². The van der Waals surface area contributed by atoms with Gasteiger partial charge in [0, 0.05) is 18.2 Å². The van der Waals surface area contributed by atoms with E-state index in [0.29, 0.717) is 6.54 Å². The normalized spacial score (nSPS) is 16.3. The molecule has 0 aliphatic heterocycles. The van der Waals surface area contributed by atoms with Gasteiger partial charge in [-0.1, -0.05) is 19.8 Å². The molecule has 2 rings (SSSR count). The van der Waals surface area contributed by atoms with Crippen molar-refractivity contribution in [3.05, 3.63) is 37.4 Å². The third-order valence-corrected chi connectivity index (χ3v) is 4.69. The monoisotopic (exact) mass is 323 g/mol. The van der Waals surface area contributed by atoms with Crippen molar-refractivity contribution in [2.75, 3.05) is 11.9 Å². The zero-order chi connectivity index (χ0) is 17.2. The summed E-state index contributed by atoms with van der Waals surface area (Å²) in [6, 6.07) is 1.21. The minimum Gasteiger partial charge on any atom is -0.392 e. The van der Waals surface area contributed by atoms with E-state index in [2.05, 4.69) is 12.2 Å². The van der Waals surface area contributed by atoms with Crippen molar-refractivity contribution in [3.8, 4) is 0 Å². The van der Waals surface area contributed by atoms with Crippen LogP contribution < -0.4 is 5.32 Å². The number of hydrogen-bond donors (Lipinski definition) is 2. The van der Waals surface area contributed by atoms with Crippen LogP contribution in [-0.2, 0) is 6.61 Å². The number of rotatable bonds is 6. The second-order valence-corrected chi connectivity index (χ2v) is 6.45. The zero-order valence-corrected chi connectivity index (χ0v) is 13.3. The largest absolute Gasteiger partial charge is 0.392 e. The summed E-state index contributed by atoms with van der Waals surface area (Å²) in [5.41, 5.74) is -0.325. The number of aliphatic hydroxyl groups excluding tert-OH is 1. The standard InChI is InChI=1S/C15H21N3O5/c1-10-11(8-19)7-12(17(20)21)13(14(10)18(22)23)16-9-15(2)5-3-4-6-15/h7,16,19H,3-6,8-9H2,1-2H3. The van der Waals surface area contributed by atoms with E-state index < -0.39 is 16.5 Å². The Morgan fingerprint density at radius 1 is 1.26 bits per heavy atom. The third-order valence-electron chi connectivity index (χ3n) is 4.69. The first-order valence-corrected chi connectivity index (χ1v) is 7.59. The van der Waals surface area contributed by atoms with E-state index in [-0.39, 0.29) is 33.6 Å². The van der Waals surface area contributed by atoms with Crippen LogP contribution in [0.3, 0.4) is 0 Å². The summed E-state index contributed by atoms with van der Waals surface area (Å²) in [5, 5.41) is 35.0. The Labute approximate surface area is 133 Å². The highest BCUT2D eigenvalue weighted by Gasteiger charge is 2.33. The summed E-state index contributed by atoms with van der Waals surface area (Å²) < 4.78 is 0. The Kier molecular flexibility index (Phi) is 4.84. The van der Waals surface area contributed by atoms with Gasteiger partial charge in [0.2, 0.25) is 0 Å². The van der Waals surface area contributed by atoms with Crippen molar-refractivity contribution in [2.45, 2.75) is 46.1 Å². The molecule has 0 radical (unpaired) electrons. The van der Waals surface area contributed by atoms with Gasteiger partial charge in [-0.05, 0) is 30.7 Å². The van der Waals surface area contributed by atoms with E-state index in [1.165, 1.54) is 13.0 Å². The van der Waals surface area contributed by atoms with Gasteiger partial charge < -0.3 is 10.4 Å². The van der Waals surface area contributed by atoms with Crippen LogP contribution in [0.15, 0.2) is 6.07 Å². The fraction of sp³-hybridized carbons (Fsp3) is 0.600. The van der Waals surface area contributed by atoms with Gasteiger partial charge in [0.25, 0.3) is 5.69 Å². The second-order valence-electron chi connectivity index (χ2n) is 6.45. The first kappa shape index (κ1) is 17.1. The number of nitro benzene ring substituents is 2. The van der Waals surface area contributed by atoms with Crippen LogP contribution in [0.1, 0.15) is 43.7 Å². The maximum absolute atomic E-state index is 11.4. The Balaban J connectivity index is 2.48. The molecule has 8 nitrogen and oxygen atoms in total. The molecular weight excluding hydrogens is 302 g/mol. The predicted octanol–water partition coefficient (Wildman–Crippen LogP) is 3.30. The van der Waals surface area contributed by atoms with E-state index in [1.807, 2.05) is 0 Å². The molecule has 1 aromatic carbocycles. The predicted molar refractivity (Wildman–Crippen MR) is 85.5 cm³/mol. The Hall–Kier alpha value is -2.22. The lowest BCUT2D eigenvalue weighted by Crippen LogP contribution is -2.24. The van der Waals surface area contributed by atoms with Crippen molar-refractivity contribution in [2.24, 2.45) is 5.41 Å². The van der Waals surface area contributed by atoms with E-state index in [0.717, 1.165) is 25.7 Å². The Morgan fingerprint density at radius 3 is 2.35 bits per heavy atom. The first-order chi connectivity index (χ1) is 10.8. The molecule has 1 saturated carbocycles. The lowest BCUT2D eigenvalue weighted by molar-refractivity contribution is -0.392. The smallest absolute Gasteiger partial charge is 0.302 e. The number of nitro groups is 2. The topological polar surface area (TPSA) is 119 Å². The highest BCUT2D eigenvalue weighted by molar-refractivity contribution is 5.77. The molecule has 8 heteroatoms. The first-order valence-electron chi connectivity index (χ1n) is 7.59. The fourth-order valence-electron chi connectivity index (χ4n) is 3.22. The van der Waals surface area contributed by atoms with Gasteiger partial charge in [0.05, 0.1) is 16.5 Å². The molecule has 0 unspecified atom stereocenters. The number of nitrogens with one attached hydrogen (secondary N) is 1. The Bertz CT molecular complexity index is 638. The Morgan fingerprint density at radius 2 is 1.87 bits per heavy atom. The fourth-order valence-corrected chi connectivity index (χ4v) is 3.22. The van der Waals surface area contributed by atoms with Gasteiger partial charge in [-0.2, -0.15) is 0 Å². The zero-order valence-electron chi connectivity index (χ0n) is 13.3. The van der Waals surface area contributed by atoms with Gasteiger partial charge in [-0.15, -0.1) is 0 Å². The second kappa shape index (κ2) is 6.49. The number of benzene rings is 1. The SMILES string of the molecule is Cc1c(CO)cc([N+](=O)[O-])c(NCC2(C)CCCC2)c1[N+](=O)[O-]. The van der Waals surface area contributed by atoms with Gasteiger partial charge in [0.15, 0.2) is 5.69 Å². The van der Waals surface area contributed by atoms with Gasteiger partial charge in [-0.25, -0.2) is 0 Å². The minimum atomic E-state index is -0.648. The molecule has 23 heavy (non-hydrogen) atoms. The van der Waals surface area contributed by atoms with Crippen LogP contribution in [0.25, 0.3) is 0 Å². The summed E-state index contributed by atoms with van der Waals surface area (Å²) in [5.74, 6) is 0. The molecule has 1 aliphatic carbocycles. The molecular formula is C15H21N3O5. The van der Waals surface area contributed by atoms with Crippen molar-refractivity contribution in [3.63, 3.8) is 0 Å². The van der Waals surface area contributed by atoms with Crippen molar-refractivity contribution in [1.29, 1.82) is 0 Å². The average Bonchev–Trinajstić information content (AvgIpc) is 2.91. The molecule has 0 heterocycles. The van der Waals surface area contributed by atoms with Crippen LogP contribution in [0, 0.1) is 32.6 Å². The van der Waals surface area contributed by atoms with Crippen LogP contribution in [0.4, 0.5) is 17.1 Å². The van der Waals surface area contributed by atoms with E-state index in [1.54, 1.807) is 0 Å². The highest BCUT2D eigenvalue weighted by atomic mass is 16.6. The summed E-state index contributed by atoms with van der Waals surface area (Å²) in [7, 11) is 0. The molecule has 0 saturated heterocycles. The lowest BCUT2D eigenvalue weighted by atomic mass is 9.88. The summed E-state index contributed by atoms with van der Waals surface area (Å²) in [4.78, 5) is 21.5. The molecule has 1 fully saturated rings.